The maximum absolute atomic E-state index is 12.8. The van der Waals surface area contributed by atoms with Gasteiger partial charge in [-0.2, -0.15) is 0 Å². The van der Waals surface area contributed by atoms with Gasteiger partial charge in [-0.1, -0.05) is 12.1 Å². The van der Waals surface area contributed by atoms with E-state index in [1.807, 2.05) is 0 Å². The first-order valence-electron chi connectivity index (χ1n) is 5.74. The average Bonchev–Trinajstić information content (AvgIpc) is 2.29. The summed E-state index contributed by atoms with van der Waals surface area (Å²) in [6.45, 7) is 5.10. The van der Waals surface area contributed by atoms with Crippen molar-refractivity contribution in [2.45, 2.75) is 27.1 Å². The van der Waals surface area contributed by atoms with Crippen molar-refractivity contribution < 1.29 is 19.0 Å². The maximum atomic E-state index is 12.8. The molecule has 1 aromatic carbocycles. The molecule has 0 aliphatic rings. The fraction of sp³-hybridized carbons (Fsp3) is 0.357. The fourth-order valence-electron chi connectivity index (χ4n) is 1.72. The van der Waals surface area contributed by atoms with Gasteiger partial charge in [0.15, 0.2) is 12.1 Å². The van der Waals surface area contributed by atoms with Crippen LogP contribution in [0.4, 0.5) is 4.39 Å². The van der Waals surface area contributed by atoms with E-state index in [9.17, 15) is 14.3 Å². The van der Waals surface area contributed by atoms with Gasteiger partial charge in [0.2, 0.25) is 0 Å². The number of hydrogen-bond donors (Lipinski definition) is 1. The lowest BCUT2D eigenvalue weighted by Crippen LogP contribution is -2.21. The third-order valence-corrected chi connectivity index (χ3v) is 2.63. The number of rotatable bonds is 5. The van der Waals surface area contributed by atoms with E-state index in [4.69, 9.17) is 4.74 Å². The van der Waals surface area contributed by atoms with Crippen LogP contribution in [-0.2, 0) is 9.53 Å². The first kappa shape index (κ1) is 14.5. The van der Waals surface area contributed by atoms with E-state index in [0.29, 0.717) is 17.7 Å². The van der Waals surface area contributed by atoms with Crippen molar-refractivity contribution in [3.63, 3.8) is 0 Å². The number of carbonyl (C=O) groups excluding carboxylic acids is 1. The van der Waals surface area contributed by atoms with Crippen molar-refractivity contribution in [3.8, 4) is 0 Å². The Bertz CT molecular complexity index is 449. The summed E-state index contributed by atoms with van der Waals surface area (Å²) in [5, 5.41) is 9.79. The third kappa shape index (κ3) is 3.48. The highest BCUT2D eigenvalue weighted by Crippen LogP contribution is 2.22. The van der Waals surface area contributed by atoms with Gasteiger partial charge in [0.1, 0.15) is 5.82 Å². The van der Waals surface area contributed by atoms with Gasteiger partial charge in [0.05, 0.1) is 5.57 Å². The highest BCUT2D eigenvalue weighted by Gasteiger charge is 2.19. The molecule has 1 N–H and O–H groups in total. The van der Waals surface area contributed by atoms with Gasteiger partial charge in [-0.05, 0) is 44.0 Å². The van der Waals surface area contributed by atoms with Crippen LogP contribution in [0.1, 0.15) is 26.3 Å². The molecule has 0 amide bonds. The number of ketones is 1. The molecule has 0 heterocycles. The van der Waals surface area contributed by atoms with E-state index in [1.165, 1.54) is 19.1 Å². The predicted molar refractivity (Wildman–Crippen MR) is 67.3 cm³/mol. The van der Waals surface area contributed by atoms with E-state index in [0.717, 1.165) is 0 Å². The normalized spacial score (nSPS) is 14.1. The van der Waals surface area contributed by atoms with Crippen molar-refractivity contribution in [3.05, 3.63) is 41.2 Å². The molecule has 0 spiro atoms. The number of allylic oxidation sites excluding steroid dienone is 1. The Labute approximate surface area is 106 Å². The summed E-state index contributed by atoms with van der Waals surface area (Å²) < 4.78 is 17.9. The molecule has 4 heteroatoms. The van der Waals surface area contributed by atoms with Gasteiger partial charge in [0, 0.05) is 6.61 Å². The van der Waals surface area contributed by atoms with Crippen LogP contribution in [0.25, 0.3) is 5.57 Å². The topological polar surface area (TPSA) is 46.5 Å². The summed E-state index contributed by atoms with van der Waals surface area (Å²) in [5.41, 5.74) is 1.47. The second-order valence-corrected chi connectivity index (χ2v) is 3.91. The third-order valence-electron chi connectivity index (χ3n) is 2.63. The molecule has 18 heavy (non-hydrogen) atoms. The van der Waals surface area contributed by atoms with Crippen molar-refractivity contribution in [1.82, 2.24) is 0 Å². The molecule has 0 saturated carbocycles. The molecule has 0 aliphatic carbocycles. The van der Waals surface area contributed by atoms with Crippen molar-refractivity contribution >= 4 is 11.4 Å². The standard InChI is InChI=1S/C14H17FO3/c1-4-18-14(17)13(10(3)16)9(2)11-5-7-12(15)8-6-11/h5-8,14,17H,4H2,1-3H3/b13-9+. The summed E-state index contributed by atoms with van der Waals surface area (Å²) in [6.07, 6.45) is -1.25. The van der Waals surface area contributed by atoms with Crippen molar-refractivity contribution in [1.29, 1.82) is 0 Å². The Morgan fingerprint density at radius 2 is 1.89 bits per heavy atom. The van der Waals surface area contributed by atoms with Crippen LogP contribution < -0.4 is 0 Å². The minimum Gasteiger partial charge on any atom is -0.364 e. The molecule has 1 aromatic rings. The maximum Gasteiger partial charge on any atom is 0.184 e. The van der Waals surface area contributed by atoms with Gasteiger partial charge in [-0.25, -0.2) is 4.39 Å². The zero-order valence-electron chi connectivity index (χ0n) is 10.7. The molecule has 0 aliphatic heterocycles. The molecule has 1 atom stereocenters. The summed E-state index contributed by atoms with van der Waals surface area (Å²) in [6, 6.07) is 5.74. The number of hydrogen-bond acceptors (Lipinski definition) is 3. The number of carbonyl (C=O) groups is 1. The minimum absolute atomic E-state index is 0.198. The Kier molecular flexibility index (Phi) is 5.19. The number of benzene rings is 1. The number of ether oxygens (including phenoxy) is 1. The molecular formula is C14H17FO3. The monoisotopic (exact) mass is 252 g/mol. The number of halogens is 1. The Morgan fingerprint density at radius 1 is 1.33 bits per heavy atom. The zero-order valence-corrected chi connectivity index (χ0v) is 10.7. The van der Waals surface area contributed by atoms with Crippen molar-refractivity contribution in [2.24, 2.45) is 0 Å². The van der Waals surface area contributed by atoms with Crippen molar-refractivity contribution in [2.75, 3.05) is 6.61 Å². The van der Waals surface area contributed by atoms with Gasteiger partial charge in [-0.3, -0.25) is 4.79 Å². The number of aliphatic hydroxyl groups excluding tert-OH is 1. The second-order valence-electron chi connectivity index (χ2n) is 3.91. The van der Waals surface area contributed by atoms with Gasteiger partial charge in [0.25, 0.3) is 0 Å². The summed E-state index contributed by atoms with van der Waals surface area (Å²) in [5.74, 6) is -0.612. The molecule has 1 rings (SSSR count). The lowest BCUT2D eigenvalue weighted by atomic mass is 9.98. The molecule has 0 saturated heterocycles. The highest BCUT2D eigenvalue weighted by atomic mass is 19.1. The highest BCUT2D eigenvalue weighted by molar-refractivity contribution is 6.01. The first-order chi connectivity index (χ1) is 8.47. The van der Waals surface area contributed by atoms with Crippen LogP contribution >= 0.6 is 0 Å². The Hall–Kier alpha value is -1.52. The van der Waals surface area contributed by atoms with E-state index in [1.54, 1.807) is 26.0 Å². The average molecular weight is 252 g/mol. The lowest BCUT2D eigenvalue weighted by Gasteiger charge is -2.16. The van der Waals surface area contributed by atoms with E-state index in [-0.39, 0.29) is 17.2 Å². The van der Waals surface area contributed by atoms with Crippen LogP contribution in [0.15, 0.2) is 29.8 Å². The lowest BCUT2D eigenvalue weighted by molar-refractivity contribution is -0.120. The summed E-state index contributed by atoms with van der Waals surface area (Å²) >= 11 is 0. The van der Waals surface area contributed by atoms with Crippen LogP contribution in [0.3, 0.4) is 0 Å². The van der Waals surface area contributed by atoms with Gasteiger partial charge < -0.3 is 9.84 Å². The first-order valence-corrected chi connectivity index (χ1v) is 5.74. The molecule has 0 radical (unpaired) electrons. The smallest absolute Gasteiger partial charge is 0.184 e. The number of aliphatic hydroxyl groups is 1. The largest absolute Gasteiger partial charge is 0.364 e. The summed E-state index contributed by atoms with van der Waals surface area (Å²) in [7, 11) is 0. The van der Waals surface area contributed by atoms with Crippen LogP contribution in [0.5, 0.6) is 0 Å². The fourth-order valence-corrected chi connectivity index (χ4v) is 1.72. The van der Waals surface area contributed by atoms with Crippen LogP contribution in [0, 0.1) is 5.82 Å². The van der Waals surface area contributed by atoms with Crippen LogP contribution in [0.2, 0.25) is 0 Å². The van der Waals surface area contributed by atoms with Crippen LogP contribution in [-0.4, -0.2) is 23.8 Å². The zero-order chi connectivity index (χ0) is 13.7. The molecule has 0 bridgehead atoms. The molecule has 3 nitrogen and oxygen atoms in total. The minimum atomic E-state index is -1.25. The molecule has 0 aromatic heterocycles. The van der Waals surface area contributed by atoms with Gasteiger partial charge >= 0.3 is 0 Å². The van der Waals surface area contributed by atoms with E-state index < -0.39 is 6.29 Å². The molecule has 0 fully saturated rings. The quantitative estimate of drug-likeness (QED) is 0.647. The molecule has 1 unspecified atom stereocenters. The SMILES string of the molecule is CCOC(O)/C(C(C)=O)=C(\C)c1ccc(F)cc1. The second kappa shape index (κ2) is 6.42. The van der Waals surface area contributed by atoms with E-state index >= 15 is 0 Å². The predicted octanol–water partition coefficient (Wildman–Crippen LogP) is 2.54. The Morgan fingerprint density at radius 3 is 2.33 bits per heavy atom. The molecule has 98 valence electrons. The van der Waals surface area contributed by atoms with E-state index in [2.05, 4.69) is 0 Å². The Balaban J connectivity index is 3.18. The summed E-state index contributed by atoms with van der Waals surface area (Å²) in [4.78, 5) is 11.6. The van der Waals surface area contributed by atoms with Gasteiger partial charge in [-0.15, -0.1) is 0 Å². The number of Topliss-reactive ketones (excluding diaryl/α,β-unsaturated/α-hetero) is 1. The molecular weight excluding hydrogens is 235 g/mol.